The highest BCUT2D eigenvalue weighted by atomic mass is 35.5. The monoisotopic (exact) mass is 513 g/mol. The first-order valence-electron chi connectivity index (χ1n) is 11.6. The number of amides is 1. The number of ether oxygens (including phenoxy) is 2. The topological polar surface area (TPSA) is 38.8 Å². The van der Waals surface area contributed by atoms with Crippen LogP contribution >= 0.6 is 35.6 Å². The molecule has 0 radical (unpaired) electrons. The van der Waals surface area contributed by atoms with Gasteiger partial charge >= 0.3 is 0 Å². The van der Waals surface area contributed by atoms with Gasteiger partial charge in [-0.2, -0.15) is 0 Å². The summed E-state index contributed by atoms with van der Waals surface area (Å²) < 4.78 is 12.4. The number of benzene rings is 2. The molecule has 2 aromatic rings. The summed E-state index contributed by atoms with van der Waals surface area (Å²) in [5, 5.41) is 0.564. The molecule has 4 nitrogen and oxygen atoms in total. The minimum atomic E-state index is -0.138. The van der Waals surface area contributed by atoms with E-state index in [1.54, 1.807) is 30.4 Å². The Morgan fingerprint density at radius 1 is 1.09 bits per heavy atom. The quantitative estimate of drug-likeness (QED) is 0.153. The van der Waals surface area contributed by atoms with E-state index in [0.29, 0.717) is 45.7 Å². The third kappa shape index (κ3) is 6.23. The molecule has 178 valence electrons. The summed E-state index contributed by atoms with van der Waals surface area (Å²) in [5.74, 6) is 2.02. The van der Waals surface area contributed by atoms with Crippen molar-refractivity contribution in [3.63, 3.8) is 0 Å². The van der Waals surface area contributed by atoms with Crippen molar-refractivity contribution in [2.45, 2.75) is 38.0 Å². The van der Waals surface area contributed by atoms with E-state index in [1.165, 1.54) is 54.3 Å². The highest BCUT2D eigenvalue weighted by Crippen LogP contribution is 2.35. The molecule has 1 amide bonds. The van der Waals surface area contributed by atoms with E-state index < -0.39 is 0 Å². The molecule has 0 N–H and O–H groups in total. The maximum absolute atomic E-state index is 12.7. The van der Waals surface area contributed by atoms with Crippen molar-refractivity contribution in [2.24, 2.45) is 0 Å². The smallest absolute Gasteiger partial charge is 0.266 e. The van der Waals surface area contributed by atoms with Crippen LogP contribution in [-0.4, -0.2) is 34.9 Å². The third-order valence-corrected chi connectivity index (χ3v) is 7.62. The Morgan fingerprint density at radius 3 is 2.56 bits per heavy atom. The van der Waals surface area contributed by atoms with Crippen LogP contribution in [0.25, 0.3) is 6.08 Å². The van der Waals surface area contributed by atoms with Crippen molar-refractivity contribution < 1.29 is 14.3 Å². The Labute approximate surface area is 216 Å². The molecule has 0 atom stereocenters. The lowest BCUT2D eigenvalue weighted by molar-refractivity contribution is -0.121. The van der Waals surface area contributed by atoms with Gasteiger partial charge in [0.15, 0.2) is 0 Å². The molecule has 1 saturated carbocycles. The lowest BCUT2D eigenvalue weighted by Gasteiger charge is -2.22. The molecule has 2 fully saturated rings. The van der Waals surface area contributed by atoms with Crippen molar-refractivity contribution >= 4 is 51.9 Å². The average molecular weight is 514 g/mol. The minimum Gasteiger partial charge on any atom is -0.490 e. The number of hydrogen-bond donors (Lipinski definition) is 0. The van der Waals surface area contributed by atoms with Gasteiger partial charge in [0, 0.05) is 17.1 Å². The Hall–Kier alpha value is -2.28. The van der Waals surface area contributed by atoms with Crippen molar-refractivity contribution in [1.29, 1.82) is 0 Å². The molecule has 4 rings (SSSR count). The highest BCUT2D eigenvalue weighted by Gasteiger charge is 2.31. The molecule has 2 aliphatic rings. The van der Waals surface area contributed by atoms with E-state index in [-0.39, 0.29) is 5.91 Å². The van der Waals surface area contributed by atoms with E-state index >= 15 is 0 Å². The number of halogens is 1. The van der Waals surface area contributed by atoms with Gasteiger partial charge < -0.3 is 9.47 Å². The fourth-order valence-corrected chi connectivity index (χ4v) is 5.72. The number of carbonyl (C=O) groups is 1. The minimum absolute atomic E-state index is 0.138. The van der Waals surface area contributed by atoms with E-state index in [1.807, 2.05) is 12.1 Å². The number of thioether (sulfide) groups is 1. The van der Waals surface area contributed by atoms with Crippen LogP contribution in [0.15, 0.2) is 60.0 Å². The molecule has 0 bridgehead atoms. The van der Waals surface area contributed by atoms with E-state index in [2.05, 4.69) is 18.7 Å². The van der Waals surface area contributed by atoms with Gasteiger partial charge in [0.1, 0.15) is 29.0 Å². The Kier molecular flexibility index (Phi) is 8.70. The summed E-state index contributed by atoms with van der Waals surface area (Å²) in [6.45, 7) is 4.85. The molecule has 0 aromatic heterocycles. The summed E-state index contributed by atoms with van der Waals surface area (Å²) in [6.07, 6.45) is 10.0. The number of nitrogens with zero attached hydrogens (tertiary/aromatic N) is 1. The molecule has 0 unspecified atom stereocenters. The van der Waals surface area contributed by atoms with Crippen molar-refractivity contribution in [3.05, 3.63) is 76.2 Å². The number of thiocarbonyl (C=S) groups is 1. The molecular formula is C27H28ClNO3S2. The summed E-state index contributed by atoms with van der Waals surface area (Å²) >= 11 is 12.8. The second-order valence-electron chi connectivity index (χ2n) is 8.36. The van der Waals surface area contributed by atoms with Crippen LogP contribution in [0.5, 0.6) is 11.5 Å². The largest absolute Gasteiger partial charge is 0.490 e. The van der Waals surface area contributed by atoms with Crippen LogP contribution in [0.1, 0.15) is 49.1 Å². The van der Waals surface area contributed by atoms with Gasteiger partial charge in [0.25, 0.3) is 5.91 Å². The fraction of sp³-hybridized carbons (Fsp3) is 0.333. The van der Waals surface area contributed by atoms with Crippen molar-refractivity contribution in [2.75, 3.05) is 19.8 Å². The van der Waals surface area contributed by atoms with Gasteiger partial charge in [-0.1, -0.05) is 73.1 Å². The predicted octanol–water partition coefficient (Wildman–Crippen LogP) is 7.23. The average Bonchev–Trinajstić information content (AvgIpc) is 3.11. The summed E-state index contributed by atoms with van der Waals surface area (Å²) in [4.78, 5) is 14.7. The zero-order chi connectivity index (χ0) is 23.9. The molecule has 1 saturated heterocycles. The molecule has 0 spiro atoms. The maximum Gasteiger partial charge on any atom is 0.266 e. The lowest BCUT2D eigenvalue weighted by atomic mass is 9.84. The van der Waals surface area contributed by atoms with Gasteiger partial charge in [0.05, 0.1) is 4.91 Å². The zero-order valence-corrected chi connectivity index (χ0v) is 21.4. The Bertz CT molecular complexity index is 1080. The summed E-state index contributed by atoms with van der Waals surface area (Å²) in [6, 6.07) is 13.8. The first-order valence-corrected chi connectivity index (χ1v) is 13.2. The second-order valence-corrected chi connectivity index (χ2v) is 10.5. The van der Waals surface area contributed by atoms with Crippen LogP contribution < -0.4 is 9.47 Å². The van der Waals surface area contributed by atoms with Crippen molar-refractivity contribution in [3.8, 4) is 11.5 Å². The first-order chi connectivity index (χ1) is 16.5. The predicted molar refractivity (Wildman–Crippen MR) is 145 cm³/mol. The highest BCUT2D eigenvalue weighted by molar-refractivity contribution is 8.26. The number of rotatable bonds is 9. The molecule has 2 aromatic carbocycles. The molecule has 34 heavy (non-hydrogen) atoms. The third-order valence-electron chi connectivity index (χ3n) is 6.01. The van der Waals surface area contributed by atoms with Crippen LogP contribution in [0.3, 0.4) is 0 Å². The molecule has 1 heterocycles. The number of hydrogen-bond acceptors (Lipinski definition) is 5. The van der Waals surface area contributed by atoms with Crippen molar-refractivity contribution in [1.82, 2.24) is 4.90 Å². The molecule has 1 aliphatic carbocycles. The van der Waals surface area contributed by atoms with Crippen LogP contribution in [-0.2, 0) is 4.79 Å². The van der Waals surface area contributed by atoms with E-state index in [9.17, 15) is 4.79 Å². The van der Waals surface area contributed by atoms with Gasteiger partial charge in [-0.25, -0.2) is 0 Å². The summed E-state index contributed by atoms with van der Waals surface area (Å²) in [7, 11) is 0. The zero-order valence-electron chi connectivity index (χ0n) is 19.0. The van der Waals surface area contributed by atoms with Crippen LogP contribution in [0.4, 0.5) is 0 Å². The SMILES string of the molecule is C=CCN1C(=O)/C(=C/c2cc(Cl)ccc2OCCOc2ccc(C3CCCCC3)cc2)SC1=S. The van der Waals surface area contributed by atoms with Crippen LogP contribution in [0.2, 0.25) is 5.02 Å². The molecular weight excluding hydrogens is 486 g/mol. The van der Waals surface area contributed by atoms with Gasteiger partial charge in [0.2, 0.25) is 0 Å². The standard InChI is InChI=1S/C27H28ClNO3S2/c1-2-14-29-26(30)25(34-27(29)33)18-21-17-22(28)10-13-24(21)32-16-15-31-23-11-8-20(9-12-23)19-6-4-3-5-7-19/h2,8-13,17-19H,1,3-7,14-16H2/b25-18-. The van der Waals surface area contributed by atoms with E-state index in [0.717, 1.165) is 11.3 Å². The Morgan fingerprint density at radius 2 is 1.82 bits per heavy atom. The van der Waals surface area contributed by atoms with E-state index in [4.69, 9.17) is 33.3 Å². The van der Waals surface area contributed by atoms with Gasteiger partial charge in [-0.15, -0.1) is 6.58 Å². The Balaban J connectivity index is 1.34. The fourth-order valence-electron chi connectivity index (χ4n) is 4.27. The molecule has 1 aliphatic heterocycles. The number of carbonyl (C=O) groups excluding carboxylic acids is 1. The van der Waals surface area contributed by atoms with Gasteiger partial charge in [-0.3, -0.25) is 9.69 Å². The van der Waals surface area contributed by atoms with Crippen LogP contribution in [0, 0.1) is 0 Å². The first kappa shape index (κ1) is 24.8. The van der Waals surface area contributed by atoms with Gasteiger partial charge in [-0.05, 0) is 60.7 Å². The summed E-state index contributed by atoms with van der Waals surface area (Å²) in [5.41, 5.74) is 2.14. The molecule has 7 heteroatoms. The second kappa shape index (κ2) is 11.9. The normalized spacial score (nSPS) is 17.9. The maximum atomic E-state index is 12.7. The lowest BCUT2D eigenvalue weighted by Crippen LogP contribution is -2.27.